The summed E-state index contributed by atoms with van der Waals surface area (Å²) in [7, 11) is 1.63. The Kier molecular flexibility index (Phi) is 5.62. The van der Waals surface area contributed by atoms with Crippen LogP contribution in [-0.2, 0) is 0 Å². The molecule has 1 aliphatic rings. The lowest BCUT2D eigenvalue weighted by Crippen LogP contribution is -2.37. The van der Waals surface area contributed by atoms with Crippen LogP contribution in [0.25, 0.3) is 10.9 Å². The molecule has 1 atom stereocenters. The quantitative estimate of drug-likeness (QED) is 0.458. The van der Waals surface area contributed by atoms with Crippen LogP contribution in [0.2, 0.25) is 0 Å². The van der Waals surface area contributed by atoms with E-state index >= 15 is 0 Å². The van der Waals surface area contributed by atoms with Crippen LogP contribution in [0.5, 0.6) is 5.75 Å². The average Bonchev–Trinajstić information content (AvgIpc) is 3.43. The number of rotatable bonds is 7. The van der Waals surface area contributed by atoms with Crippen LogP contribution in [0.15, 0.2) is 42.5 Å². The van der Waals surface area contributed by atoms with Crippen molar-refractivity contribution in [2.75, 3.05) is 26.7 Å². The molecule has 9 nitrogen and oxygen atoms in total. The summed E-state index contributed by atoms with van der Waals surface area (Å²) in [6, 6.07) is 12.2. The van der Waals surface area contributed by atoms with Gasteiger partial charge >= 0.3 is 0 Å². The predicted octanol–water partition coefficient (Wildman–Crippen LogP) is 3.05. The number of nitrogens with zero attached hydrogens (tertiary/aromatic N) is 3. The van der Waals surface area contributed by atoms with Crippen molar-refractivity contribution in [1.82, 2.24) is 20.4 Å². The van der Waals surface area contributed by atoms with Gasteiger partial charge in [0.1, 0.15) is 5.75 Å². The van der Waals surface area contributed by atoms with Gasteiger partial charge in [-0.05, 0) is 49.7 Å². The number of ether oxygens (including phenoxy) is 1. The molecule has 156 valence electrons. The van der Waals surface area contributed by atoms with Crippen LogP contribution >= 0.6 is 0 Å². The minimum absolute atomic E-state index is 0.00564. The van der Waals surface area contributed by atoms with Gasteiger partial charge in [0.25, 0.3) is 11.6 Å². The molecular formula is C21H23N5O4. The molecule has 4 rings (SSSR count). The first kappa shape index (κ1) is 19.8. The minimum atomic E-state index is -0.486. The maximum atomic E-state index is 12.9. The number of H-pyrrole nitrogens is 1. The van der Waals surface area contributed by atoms with Crippen molar-refractivity contribution < 1.29 is 14.5 Å². The van der Waals surface area contributed by atoms with Gasteiger partial charge < -0.3 is 10.1 Å². The lowest BCUT2D eigenvalue weighted by molar-refractivity contribution is -0.384. The normalized spacial score (nSPS) is 15.2. The van der Waals surface area contributed by atoms with E-state index in [1.165, 1.54) is 12.1 Å². The van der Waals surface area contributed by atoms with E-state index in [-0.39, 0.29) is 23.3 Å². The Morgan fingerprint density at radius 3 is 2.83 bits per heavy atom. The zero-order valence-corrected chi connectivity index (χ0v) is 16.6. The standard InChI is InChI=1S/C21H23N5O4/c1-30-16-6-4-5-14(11-16)19(25-9-2-3-10-25)13-22-21(27)20-17-12-15(26(28)29)7-8-18(17)23-24-20/h4-8,11-12,19H,2-3,9-10,13H2,1H3,(H,22,27)(H,23,24). The maximum absolute atomic E-state index is 12.9. The topological polar surface area (TPSA) is 113 Å². The van der Waals surface area contributed by atoms with E-state index in [2.05, 4.69) is 20.4 Å². The van der Waals surface area contributed by atoms with Crippen LogP contribution in [0.3, 0.4) is 0 Å². The molecule has 2 heterocycles. The number of methoxy groups -OCH3 is 1. The molecule has 1 fully saturated rings. The van der Waals surface area contributed by atoms with E-state index in [0.717, 1.165) is 37.2 Å². The fourth-order valence-electron chi connectivity index (χ4n) is 3.92. The van der Waals surface area contributed by atoms with E-state index in [9.17, 15) is 14.9 Å². The zero-order chi connectivity index (χ0) is 21.1. The molecule has 0 aliphatic carbocycles. The molecule has 0 bridgehead atoms. The second-order valence-corrected chi connectivity index (χ2v) is 7.30. The molecule has 0 radical (unpaired) electrons. The summed E-state index contributed by atoms with van der Waals surface area (Å²) in [5.74, 6) is 0.405. The number of carbonyl (C=O) groups excluding carboxylic acids is 1. The van der Waals surface area contributed by atoms with Crippen molar-refractivity contribution in [3.63, 3.8) is 0 Å². The number of hydrogen-bond acceptors (Lipinski definition) is 6. The van der Waals surface area contributed by atoms with Gasteiger partial charge in [-0.25, -0.2) is 0 Å². The van der Waals surface area contributed by atoms with Gasteiger partial charge in [-0.3, -0.25) is 24.9 Å². The summed E-state index contributed by atoms with van der Waals surface area (Å²) in [5, 5.41) is 21.3. The number of nitro groups is 1. The number of aromatic nitrogens is 2. The Morgan fingerprint density at radius 2 is 2.10 bits per heavy atom. The largest absolute Gasteiger partial charge is 0.497 e. The zero-order valence-electron chi connectivity index (χ0n) is 16.6. The van der Waals surface area contributed by atoms with E-state index in [4.69, 9.17) is 4.74 Å². The maximum Gasteiger partial charge on any atom is 0.272 e. The molecular weight excluding hydrogens is 386 g/mol. The molecule has 2 N–H and O–H groups in total. The number of nitrogens with one attached hydrogen (secondary N) is 2. The number of hydrogen-bond donors (Lipinski definition) is 2. The third-order valence-electron chi connectivity index (χ3n) is 5.49. The van der Waals surface area contributed by atoms with Crippen molar-refractivity contribution in [1.29, 1.82) is 0 Å². The van der Waals surface area contributed by atoms with Crippen LogP contribution in [0.1, 0.15) is 34.9 Å². The Balaban J connectivity index is 1.56. The average molecular weight is 409 g/mol. The Labute approximate surface area is 173 Å². The van der Waals surface area contributed by atoms with Crippen LogP contribution in [0.4, 0.5) is 5.69 Å². The number of aromatic amines is 1. The van der Waals surface area contributed by atoms with Crippen LogP contribution < -0.4 is 10.1 Å². The second kappa shape index (κ2) is 8.50. The number of nitro benzene ring substituents is 1. The highest BCUT2D eigenvalue weighted by Gasteiger charge is 2.25. The van der Waals surface area contributed by atoms with Gasteiger partial charge in [0, 0.05) is 24.1 Å². The van der Waals surface area contributed by atoms with Gasteiger partial charge in [0.05, 0.1) is 23.6 Å². The van der Waals surface area contributed by atoms with Crippen LogP contribution in [0, 0.1) is 10.1 Å². The molecule has 0 saturated carbocycles. The summed E-state index contributed by atoms with van der Waals surface area (Å²) in [6.45, 7) is 2.33. The van der Waals surface area contributed by atoms with Crippen molar-refractivity contribution in [3.05, 3.63) is 63.8 Å². The lowest BCUT2D eigenvalue weighted by Gasteiger charge is -2.28. The van der Waals surface area contributed by atoms with Crippen molar-refractivity contribution >= 4 is 22.5 Å². The first-order chi connectivity index (χ1) is 14.6. The predicted molar refractivity (Wildman–Crippen MR) is 112 cm³/mol. The Bertz CT molecular complexity index is 1070. The molecule has 9 heteroatoms. The fourth-order valence-corrected chi connectivity index (χ4v) is 3.92. The van der Waals surface area contributed by atoms with Gasteiger partial charge in [-0.1, -0.05) is 12.1 Å². The number of amides is 1. The highest BCUT2D eigenvalue weighted by atomic mass is 16.6. The van der Waals surface area contributed by atoms with Crippen LogP contribution in [-0.4, -0.2) is 52.7 Å². The highest BCUT2D eigenvalue weighted by Crippen LogP contribution is 2.27. The van der Waals surface area contributed by atoms with Gasteiger partial charge in [-0.15, -0.1) is 0 Å². The summed E-state index contributed by atoms with van der Waals surface area (Å²) < 4.78 is 5.36. The summed E-state index contributed by atoms with van der Waals surface area (Å²) >= 11 is 0. The molecule has 1 saturated heterocycles. The number of benzene rings is 2. The van der Waals surface area contributed by atoms with E-state index in [0.29, 0.717) is 17.4 Å². The molecule has 1 unspecified atom stereocenters. The molecule has 2 aromatic carbocycles. The van der Waals surface area contributed by atoms with E-state index in [1.807, 2.05) is 24.3 Å². The molecule has 1 aromatic heterocycles. The van der Waals surface area contributed by atoms with Gasteiger partial charge in [0.15, 0.2) is 5.69 Å². The smallest absolute Gasteiger partial charge is 0.272 e. The Morgan fingerprint density at radius 1 is 1.30 bits per heavy atom. The summed E-state index contributed by atoms with van der Waals surface area (Å²) in [6.07, 6.45) is 2.25. The molecule has 0 spiro atoms. The van der Waals surface area contributed by atoms with E-state index < -0.39 is 4.92 Å². The van der Waals surface area contributed by atoms with Gasteiger partial charge in [-0.2, -0.15) is 5.10 Å². The fraction of sp³-hybridized carbons (Fsp3) is 0.333. The van der Waals surface area contributed by atoms with E-state index in [1.54, 1.807) is 13.2 Å². The van der Waals surface area contributed by atoms with Crippen molar-refractivity contribution in [2.24, 2.45) is 0 Å². The van der Waals surface area contributed by atoms with Crippen molar-refractivity contribution in [2.45, 2.75) is 18.9 Å². The lowest BCUT2D eigenvalue weighted by atomic mass is 10.0. The molecule has 30 heavy (non-hydrogen) atoms. The Hall–Kier alpha value is -3.46. The first-order valence-electron chi connectivity index (χ1n) is 9.85. The third kappa shape index (κ3) is 3.97. The SMILES string of the molecule is COc1cccc(C(CNC(=O)c2n[nH]c3ccc([N+](=O)[O-])cc23)N2CCCC2)c1. The molecule has 1 aliphatic heterocycles. The minimum Gasteiger partial charge on any atom is -0.497 e. The number of carbonyl (C=O) groups is 1. The number of non-ortho nitro benzene ring substituents is 1. The van der Waals surface area contributed by atoms with Gasteiger partial charge in [0.2, 0.25) is 0 Å². The van der Waals surface area contributed by atoms with Crippen molar-refractivity contribution in [3.8, 4) is 5.75 Å². The monoisotopic (exact) mass is 409 g/mol. The third-order valence-corrected chi connectivity index (χ3v) is 5.49. The second-order valence-electron chi connectivity index (χ2n) is 7.30. The number of fused-ring (bicyclic) bond motifs is 1. The summed E-state index contributed by atoms with van der Waals surface area (Å²) in [5.41, 5.74) is 1.72. The summed E-state index contributed by atoms with van der Waals surface area (Å²) in [4.78, 5) is 25.8. The first-order valence-corrected chi connectivity index (χ1v) is 9.85. The molecule has 1 amide bonds. The molecule has 3 aromatic rings. The number of likely N-dealkylation sites (tertiary alicyclic amines) is 1. The highest BCUT2D eigenvalue weighted by molar-refractivity contribution is 6.05.